The molecule has 0 spiro atoms. The van der Waals surface area contributed by atoms with Crippen molar-refractivity contribution in [1.82, 2.24) is 5.32 Å². The number of likely N-dealkylation sites (N-methyl/N-ethyl adjacent to an activating group) is 1. The Bertz CT molecular complexity index is 1000. The molecule has 0 aromatic heterocycles. The number of nitrogens with one attached hydrogen (secondary N) is 1. The number of amides is 2. The Morgan fingerprint density at radius 1 is 1.06 bits per heavy atom. The molecule has 1 aliphatic rings. The zero-order valence-corrected chi connectivity index (χ0v) is 20.7. The molecule has 2 aromatic carbocycles. The molecule has 1 unspecified atom stereocenters. The van der Waals surface area contributed by atoms with Crippen molar-refractivity contribution >= 4 is 23.2 Å². The van der Waals surface area contributed by atoms with Crippen molar-refractivity contribution in [2.45, 2.75) is 65.1 Å². The Balaban J connectivity index is 1.95. The summed E-state index contributed by atoms with van der Waals surface area (Å²) in [5.74, 6) is -0.792. The number of rotatable bonds is 10. The first kappa shape index (κ1) is 25.6. The first-order valence-electron chi connectivity index (χ1n) is 12.3. The van der Waals surface area contributed by atoms with Crippen molar-refractivity contribution < 1.29 is 14.7 Å². The number of para-hydroxylation sites is 1. The number of hydrogen-bond donors (Lipinski definition) is 2. The van der Waals surface area contributed by atoms with Crippen molar-refractivity contribution in [2.75, 3.05) is 11.9 Å². The van der Waals surface area contributed by atoms with Gasteiger partial charge in [-0.25, -0.2) is 4.99 Å². The molecule has 0 bridgehead atoms. The first-order valence-corrected chi connectivity index (χ1v) is 12.3. The number of carbonyl (C=O) groups excluding carboxylic acids is 2. The Labute approximate surface area is 203 Å². The highest BCUT2D eigenvalue weighted by molar-refractivity contribution is 6.20. The molecule has 1 aliphatic heterocycles. The molecule has 182 valence electrons. The molecule has 3 atom stereocenters. The van der Waals surface area contributed by atoms with Gasteiger partial charge in [-0.1, -0.05) is 88.6 Å². The van der Waals surface area contributed by atoms with E-state index in [0.29, 0.717) is 24.5 Å². The largest absolute Gasteiger partial charge is 0.392 e. The Morgan fingerprint density at radius 2 is 1.74 bits per heavy atom. The lowest BCUT2D eigenvalue weighted by Crippen LogP contribution is -2.49. The van der Waals surface area contributed by atoms with E-state index in [4.69, 9.17) is 4.99 Å². The summed E-state index contributed by atoms with van der Waals surface area (Å²) in [7, 11) is 1.70. The second-order valence-electron chi connectivity index (χ2n) is 9.46. The number of anilines is 1. The van der Waals surface area contributed by atoms with Crippen LogP contribution in [0.3, 0.4) is 0 Å². The van der Waals surface area contributed by atoms with Gasteiger partial charge in [0.25, 0.3) is 5.91 Å². The van der Waals surface area contributed by atoms with Crippen LogP contribution in [0.15, 0.2) is 59.6 Å². The second-order valence-corrected chi connectivity index (χ2v) is 9.46. The third-order valence-corrected chi connectivity index (χ3v) is 6.38. The van der Waals surface area contributed by atoms with E-state index < -0.39 is 18.2 Å². The lowest BCUT2D eigenvalue weighted by molar-refractivity contribution is -0.133. The van der Waals surface area contributed by atoms with Gasteiger partial charge in [0.1, 0.15) is 0 Å². The van der Waals surface area contributed by atoms with Crippen LogP contribution < -0.4 is 10.2 Å². The maximum atomic E-state index is 13.4. The molecular weight excluding hydrogens is 426 g/mol. The van der Waals surface area contributed by atoms with Gasteiger partial charge in [0.05, 0.1) is 23.4 Å². The van der Waals surface area contributed by atoms with E-state index in [1.165, 1.54) is 0 Å². The summed E-state index contributed by atoms with van der Waals surface area (Å²) in [6.45, 7) is 6.27. The maximum absolute atomic E-state index is 13.4. The number of aliphatic hydroxyl groups excluding tert-OH is 1. The summed E-state index contributed by atoms with van der Waals surface area (Å²) in [5, 5.41) is 13.7. The van der Waals surface area contributed by atoms with Gasteiger partial charge in [-0.2, -0.15) is 0 Å². The fourth-order valence-electron chi connectivity index (χ4n) is 4.31. The van der Waals surface area contributed by atoms with Crippen molar-refractivity contribution in [3.63, 3.8) is 0 Å². The minimum absolute atomic E-state index is 0.308. The Hall–Kier alpha value is -2.99. The Morgan fingerprint density at radius 3 is 2.41 bits per heavy atom. The summed E-state index contributed by atoms with van der Waals surface area (Å²) >= 11 is 0. The monoisotopic (exact) mass is 463 g/mol. The molecule has 1 heterocycles. The average Bonchev–Trinajstić information content (AvgIpc) is 2.94. The van der Waals surface area contributed by atoms with Crippen LogP contribution in [0, 0.1) is 11.8 Å². The predicted octanol–water partition coefficient (Wildman–Crippen LogP) is 4.55. The highest BCUT2D eigenvalue weighted by atomic mass is 16.3. The molecule has 3 rings (SSSR count). The topological polar surface area (TPSA) is 82.0 Å². The van der Waals surface area contributed by atoms with Crippen molar-refractivity contribution in [3.8, 4) is 0 Å². The number of nitrogens with zero attached hydrogens (tertiary/aromatic N) is 2. The molecule has 34 heavy (non-hydrogen) atoms. The van der Waals surface area contributed by atoms with Gasteiger partial charge in [0.15, 0.2) is 0 Å². The summed E-state index contributed by atoms with van der Waals surface area (Å²) < 4.78 is 0. The van der Waals surface area contributed by atoms with Crippen LogP contribution in [0.1, 0.15) is 64.0 Å². The van der Waals surface area contributed by atoms with Crippen LogP contribution in [-0.4, -0.2) is 41.9 Å². The number of benzodiazepines with no additional fused rings is 1. The molecule has 0 saturated carbocycles. The van der Waals surface area contributed by atoms with E-state index >= 15 is 0 Å². The third kappa shape index (κ3) is 6.11. The van der Waals surface area contributed by atoms with Crippen LogP contribution in [0.4, 0.5) is 5.69 Å². The molecule has 2 N–H and O–H groups in total. The van der Waals surface area contributed by atoms with Gasteiger partial charge < -0.3 is 15.3 Å². The van der Waals surface area contributed by atoms with E-state index in [1.54, 1.807) is 11.9 Å². The van der Waals surface area contributed by atoms with Gasteiger partial charge in [-0.05, 0) is 24.8 Å². The van der Waals surface area contributed by atoms with Crippen LogP contribution in [0.5, 0.6) is 0 Å². The second kappa shape index (κ2) is 11.9. The van der Waals surface area contributed by atoms with Gasteiger partial charge in [-0.15, -0.1) is 0 Å². The molecule has 0 fully saturated rings. The van der Waals surface area contributed by atoms with Crippen molar-refractivity contribution in [1.29, 1.82) is 0 Å². The summed E-state index contributed by atoms with van der Waals surface area (Å²) in [6.07, 6.45) is 1.94. The smallest absolute Gasteiger partial charge is 0.272 e. The summed E-state index contributed by atoms with van der Waals surface area (Å²) in [5.41, 5.74) is 3.10. The van der Waals surface area contributed by atoms with Crippen molar-refractivity contribution in [2.24, 2.45) is 16.8 Å². The number of benzene rings is 2. The predicted molar refractivity (Wildman–Crippen MR) is 137 cm³/mol. The zero-order chi connectivity index (χ0) is 24.7. The zero-order valence-electron chi connectivity index (χ0n) is 20.7. The van der Waals surface area contributed by atoms with E-state index in [1.807, 2.05) is 54.6 Å². The van der Waals surface area contributed by atoms with Crippen molar-refractivity contribution in [3.05, 3.63) is 65.7 Å². The number of fused-ring (bicyclic) bond motifs is 1. The van der Waals surface area contributed by atoms with Gasteiger partial charge in [0.2, 0.25) is 12.1 Å². The van der Waals surface area contributed by atoms with Crippen LogP contribution in [0.2, 0.25) is 0 Å². The molecule has 0 radical (unpaired) electrons. The number of carbonyl (C=O) groups is 2. The summed E-state index contributed by atoms with van der Waals surface area (Å²) in [6, 6.07) is 17.3. The normalized spacial score (nSPS) is 17.6. The quantitative estimate of drug-likeness (QED) is 0.542. The standard InChI is InChI=1S/C28H37N3O3/c1-5-6-16-24(32)22(18-17-19(2)3)27(33)30-26-28(34)31(4)23-15-11-10-14-21(23)25(29-26)20-12-8-7-9-13-20/h7-15,19,22,24,26,32H,5-6,16-18H2,1-4H3,(H,30,33)/t22-,24+,26?/m1/s1. The van der Waals surface area contributed by atoms with E-state index in [2.05, 4.69) is 26.1 Å². The number of unbranched alkanes of at least 4 members (excludes halogenated alkanes) is 1. The fourth-order valence-corrected chi connectivity index (χ4v) is 4.31. The number of aliphatic imine (C=N–C) groups is 1. The molecule has 6 heteroatoms. The minimum Gasteiger partial charge on any atom is -0.392 e. The third-order valence-electron chi connectivity index (χ3n) is 6.38. The molecule has 6 nitrogen and oxygen atoms in total. The molecular formula is C28H37N3O3. The van der Waals surface area contributed by atoms with Crippen LogP contribution >= 0.6 is 0 Å². The lowest BCUT2D eigenvalue weighted by atomic mass is 9.89. The molecule has 0 aliphatic carbocycles. The molecule has 2 amide bonds. The SMILES string of the molecule is CCCC[C@H](O)[C@@H](CCC(C)C)C(=O)NC1N=C(c2ccccc2)c2ccccc2N(C)C1=O. The van der Waals surface area contributed by atoms with Gasteiger partial charge in [0, 0.05) is 18.2 Å². The fraction of sp³-hybridized carbons (Fsp3) is 0.464. The van der Waals surface area contributed by atoms with Crippen LogP contribution in [0.25, 0.3) is 0 Å². The van der Waals surface area contributed by atoms with E-state index in [9.17, 15) is 14.7 Å². The van der Waals surface area contributed by atoms with Crippen LogP contribution in [-0.2, 0) is 9.59 Å². The maximum Gasteiger partial charge on any atom is 0.272 e. The van der Waals surface area contributed by atoms with E-state index in [0.717, 1.165) is 36.1 Å². The lowest BCUT2D eigenvalue weighted by Gasteiger charge is -2.26. The minimum atomic E-state index is -1.07. The highest BCUT2D eigenvalue weighted by Gasteiger charge is 2.34. The van der Waals surface area contributed by atoms with E-state index in [-0.39, 0.29) is 11.8 Å². The summed E-state index contributed by atoms with van der Waals surface area (Å²) in [4.78, 5) is 33.1. The van der Waals surface area contributed by atoms with Gasteiger partial charge >= 0.3 is 0 Å². The number of aliphatic hydroxyl groups is 1. The first-order chi connectivity index (χ1) is 16.3. The molecule has 0 saturated heterocycles. The van der Waals surface area contributed by atoms with Gasteiger partial charge in [-0.3, -0.25) is 9.59 Å². The molecule has 2 aromatic rings. The highest BCUT2D eigenvalue weighted by Crippen LogP contribution is 2.27. The average molecular weight is 464 g/mol. The number of hydrogen-bond acceptors (Lipinski definition) is 4. The Kier molecular flexibility index (Phi) is 8.99.